The summed E-state index contributed by atoms with van der Waals surface area (Å²) in [6.07, 6.45) is 0. The van der Waals surface area contributed by atoms with Crippen LogP contribution in [-0.2, 0) is 5.41 Å². The third kappa shape index (κ3) is 5.97. The molecule has 2 heterocycles. The molecule has 0 fully saturated rings. The number of para-hydroxylation sites is 4. The van der Waals surface area contributed by atoms with Gasteiger partial charge in [0, 0.05) is 55.4 Å². The van der Waals surface area contributed by atoms with E-state index < -0.39 is 0 Å². The summed E-state index contributed by atoms with van der Waals surface area (Å²) in [6, 6.07) is 82.5. The number of hydrogen-bond donors (Lipinski definition) is 0. The van der Waals surface area contributed by atoms with Crippen LogP contribution in [0.2, 0.25) is 0 Å². The molecule has 3 nitrogen and oxygen atoms in total. The lowest BCUT2D eigenvalue weighted by molar-refractivity contribution is 0.660. The summed E-state index contributed by atoms with van der Waals surface area (Å²) in [4.78, 5) is 2.39. The van der Waals surface area contributed by atoms with Crippen molar-refractivity contribution in [2.45, 2.75) is 33.1 Å². The van der Waals surface area contributed by atoms with E-state index in [2.05, 4.69) is 252 Å². The maximum Gasteiger partial charge on any atom is 0.0547 e. The van der Waals surface area contributed by atoms with Gasteiger partial charge >= 0.3 is 0 Å². The summed E-state index contributed by atoms with van der Waals surface area (Å²) in [6.45, 7) is 8.70. The topological polar surface area (TPSA) is 13.1 Å². The lowest BCUT2D eigenvalue weighted by Crippen LogP contribution is -2.16. The summed E-state index contributed by atoms with van der Waals surface area (Å²) in [7, 11) is 0. The lowest BCUT2D eigenvalue weighted by atomic mass is 9.82. The minimum atomic E-state index is -0.0885. The van der Waals surface area contributed by atoms with Gasteiger partial charge in [0.1, 0.15) is 0 Å². The van der Waals surface area contributed by atoms with E-state index in [1.807, 2.05) is 13.8 Å². The predicted octanol–water partition coefficient (Wildman–Crippen LogP) is 17.5. The van der Waals surface area contributed by atoms with Crippen molar-refractivity contribution in [2.24, 2.45) is 0 Å². The Balaban J connectivity index is 0.00000225. The zero-order valence-corrected chi connectivity index (χ0v) is 37.7. The van der Waals surface area contributed by atoms with Gasteiger partial charge in [0.25, 0.3) is 0 Å². The molecular weight excluding hydrogens is 799 g/mol. The van der Waals surface area contributed by atoms with Crippen molar-refractivity contribution in [1.29, 1.82) is 0 Å². The van der Waals surface area contributed by atoms with Crippen LogP contribution in [0.25, 0.3) is 88.0 Å². The Labute approximate surface area is 386 Å². The zero-order valence-electron chi connectivity index (χ0n) is 37.7. The molecule has 0 unspecified atom stereocenters. The van der Waals surface area contributed by atoms with Gasteiger partial charge in [0.15, 0.2) is 0 Å². The molecule has 0 radical (unpaired) electrons. The number of rotatable bonds is 6. The van der Waals surface area contributed by atoms with Gasteiger partial charge in [-0.2, -0.15) is 0 Å². The highest BCUT2D eigenvalue weighted by Gasteiger charge is 2.35. The number of fused-ring (bicyclic) bond motifs is 12. The molecule has 0 atom stereocenters. The van der Waals surface area contributed by atoms with Crippen molar-refractivity contribution in [2.75, 3.05) is 4.90 Å². The van der Waals surface area contributed by atoms with Crippen LogP contribution in [0, 0.1) is 0 Å². The van der Waals surface area contributed by atoms with E-state index in [9.17, 15) is 0 Å². The second-order valence-electron chi connectivity index (χ2n) is 17.7. The highest BCUT2D eigenvalue weighted by atomic mass is 15.1. The molecular formula is C63H49N3. The fourth-order valence-electron chi connectivity index (χ4n) is 10.9. The minimum Gasteiger partial charge on any atom is -0.310 e. The number of anilines is 3. The third-order valence-corrected chi connectivity index (χ3v) is 13.9. The Morgan fingerprint density at radius 1 is 0.333 bits per heavy atom. The van der Waals surface area contributed by atoms with Gasteiger partial charge in [0.2, 0.25) is 0 Å². The molecule has 0 saturated heterocycles. The summed E-state index contributed by atoms with van der Waals surface area (Å²) < 4.78 is 4.84. The predicted molar refractivity (Wildman–Crippen MR) is 282 cm³/mol. The van der Waals surface area contributed by atoms with E-state index in [1.54, 1.807) is 0 Å². The van der Waals surface area contributed by atoms with Crippen molar-refractivity contribution >= 4 is 71.4 Å². The van der Waals surface area contributed by atoms with Crippen molar-refractivity contribution in [3.8, 4) is 33.6 Å². The van der Waals surface area contributed by atoms with Crippen LogP contribution in [0.15, 0.2) is 224 Å². The summed E-state index contributed by atoms with van der Waals surface area (Å²) >= 11 is 0. The summed E-state index contributed by atoms with van der Waals surface area (Å²) in [5.41, 5.74) is 18.2. The minimum absolute atomic E-state index is 0.0885. The molecule has 2 aromatic heterocycles. The first kappa shape index (κ1) is 39.5. The maximum absolute atomic E-state index is 2.43. The van der Waals surface area contributed by atoms with Crippen LogP contribution < -0.4 is 4.90 Å². The number of hydrogen-bond acceptors (Lipinski definition) is 1. The molecule has 316 valence electrons. The standard InChI is InChI=1S/C61H43N3.C2H6/c1-61(2)53-24-14-12-22-47(53)48-32-31-46(39-54(48)61)62(42-16-6-3-7-17-42)45-29-26-40(27-30-45)41-28-35-56-52(38-41)60-50-34-36-57-59(49(50)33-37-58(60)64(56)44-20-10-5-11-21-44)51-23-13-15-25-55(51)63(57)43-18-8-4-9-19-43;1-2/h3-39H,1-2H3;1-2H3. The molecule has 0 bridgehead atoms. The summed E-state index contributed by atoms with van der Waals surface area (Å²) in [5, 5.41) is 7.57. The van der Waals surface area contributed by atoms with E-state index in [4.69, 9.17) is 0 Å². The van der Waals surface area contributed by atoms with E-state index in [-0.39, 0.29) is 5.41 Å². The molecule has 0 aliphatic heterocycles. The van der Waals surface area contributed by atoms with Crippen LogP contribution in [0.4, 0.5) is 17.1 Å². The normalized spacial score (nSPS) is 12.7. The highest BCUT2D eigenvalue weighted by molar-refractivity contribution is 6.29. The first-order valence-electron chi connectivity index (χ1n) is 23.3. The lowest BCUT2D eigenvalue weighted by Gasteiger charge is -2.28. The van der Waals surface area contributed by atoms with Crippen LogP contribution in [-0.4, -0.2) is 9.13 Å². The first-order chi connectivity index (χ1) is 32.5. The second kappa shape index (κ2) is 15.5. The van der Waals surface area contributed by atoms with Crippen LogP contribution in [0.3, 0.4) is 0 Å². The van der Waals surface area contributed by atoms with E-state index in [1.165, 1.54) is 93.5 Å². The van der Waals surface area contributed by atoms with Crippen LogP contribution in [0.5, 0.6) is 0 Å². The van der Waals surface area contributed by atoms with Gasteiger partial charge in [-0.15, -0.1) is 0 Å². The first-order valence-corrected chi connectivity index (χ1v) is 23.3. The van der Waals surface area contributed by atoms with Crippen molar-refractivity contribution in [3.63, 3.8) is 0 Å². The Kier molecular flexibility index (Phi) is 9.29. The van der Waals surface area contributed by atoms with Gasteiger partial charge < -0.3 is 14.0 Å². The van der Waals surface area contributed by atoms with Crippen molar-refractivity contribution < 1.29 is 0 Å². The number of nitrogens with zero attached hydrogens (tertiary/aromatic N) is 3. The Morgan fingerprint density at radius 2 is 0.818 bits per heavy atom. The average molecular weight is 848 g/mol. The molecule has 13 rings (SSSR count). The fraction of sp³-hybridized carbons (Fsp3) is 0.0794. The van der Waals surface area contributed by atoms with E-state index in [0.29, 0.717) is 0 Å². The van der Waals surface area contributed by atoms with Crippen molar-refractivity contribution in [3.05, 3.63) is 236 Å². The largest absolute Gasteiger partial charge is 0.310 e. The SMILES string of the molecule is CC.CC1(C)c2ccccc2-c2ccc(N(c3ccccc3)c3ccc(-c4ccc5c(c4)c4c6ccc7c(c6ccc4n5-c4ccccc4)c4ccccc4n7-c4ccccc4)cc3)cc21. The third-order valence-electron chi connectivity index (χ3n) is 13.9. The van der Waals surface area contributed by atoms with E-state index in [0.717, 1.165) is 22.7 Å². The summed E-state index contributed by atoms with van der Waals surface area (Å²) in [5.74, 6) is 0. The zero-order chi connectivity index (χ0) is 44.5. The molecule has 0 N–H and O–H groups in total. The monoisotopic (exact) mass is 847 g/mol. The second-order valence-corrected chi connectivity index (χ2v) is 17.7. The number of benzene rings is 10. The van der Waals surface area contributed by atoms with Gasteiger partial charge in [-0.1, -0.05) is 161 Å². The molecule has 0 amide bonds. The number of aromatic nitrogens is 2. The molecule has 12 aromatic rings. The van der Waals surface area contributed by atoms with Gasteiger partial charge in [-0.05, 0) is 135 Å². The van der Waals surface area contributed by atoms with Crippen LogP contribution >= 0.6 is 0 Å². The molecule has 3 heteroatoms. The highest BCUT2D eigenvalue weighted by Crippen LogP contribution is 2.51. The Hall–Kier alpha value is -8.14. The smallest absolute Gasteiger partial charge is 0.0547 e. The quantitative estimate of drug-likeness (QED) is 0.162. The average Bonchev–Trinajstić information content (AvgIpc) is 3.98. The van der Waals surface area contributed by atoms with Crippen molar-refractivity contribution in [1.82, 2.24) is 9.13 Å². The fourth-order valence-corrected chi connectivity index (χ4v) is 10.9. The molecule has 1 aliphatic carbocycles. The molecule has 66 heavy (non-hydrogen) atoms. The Bertz CT molecular complexity index is 3780. The van der Waals surface area contributed by atoms with Gasteiger partial charge in [-0.25, -0.2) is 0 Å². The molecule has 0 spiro atoms. The van der Waals surface area contributed by atoms with E-state index >= 15 is 0 Å². The van der Waals surface area contributed by atoms with Gasteiger partial charge in [0.05, 0.1) is 22.1 Å². The molecule has 10 aromatic carbocycles. The van der Waals surface area contributed by atoms with Crippen LogP contribution in [0.1, 0.15) is 38.8 Å². The Morgan fingerprint density at radius 3 is 1.48 bits per heavy atom. The van der Waals surface area contributed by atoms with Gasteiger partial charge in [-0.3, -0.25) is 0 Å². The molecule has 0 saturated carbocycles. The molecule has 1 aliphatic rings. The maximum atomic E-state index is 2.43.